The Morgan fingerprint density at radius 3 is 2.26 bits per heavy atom. The van der Waals surface area contributed by atoms with Crippen LogP contribution in [0, 0.1) is 5.92 Å². The summed E-state index contributed by atoms with van der Waals surface area (Å²) in [6.45, 7) is 1.22. The molecule has 3 aliphatic rings. The van der Waals surface area contributed by atoms with Gasteiger partial charge in [-0.2, -0.15) is 0 Å². The van der Waals surface area contributed by atoms with Crippen molar-refractivity contribution in [3.05, 3.63) is 66.0 Å². The number of carbonyl (C=O) groups is 3. The molecule has 1 spiro atoms. The molecule has 4 amide bonds. The molecule has 2 heterocycles. The predicted molar refractivity (Wildman–Crippen MR) is 148 cm³/mol. The summed E-state index contributed by atoms with van der Waals surface area (Å²) in [6, 6.07) is 13.8. The van der Waals surface area contributed by atoms with Crippen molar-refractivity contribution >= 4 is 17.8 Å². The van der Waals surface area contributed by atoms with Crippen LogP contribution < -0.4 is 5.43 Å². The molecule has 2 saturated carbocycles. The molecule has 3 fully saturated rings. The summed E-state index contributed by atoms with van der Waals surface area (Å²) < 4.78 is 0. The largest absolute Gasteiger partial charge is 0.321 e. The maximum Gasteiger partial charge on any atom is 0.321 e. The van der Waals surface area contributed by atoms with Gasteiger partial charge in [-0.25, -0.2) is 4.79 Å². The second kappa shape index (κ2) is 11.0. The van der Waals surface area contributed by atoms with Crippen molar-refractivity contribution in [1.82, 2.24) is 30.1 Å². The molecule has 1 N–H and O–H groups in total. The van der Waals surface area contributed by atoms with Crippen LogP contribution in [0.2, 0.25) is 0 Å². The number of carbonyl (C=O) groups excluding carboxylic acids is 3. The Labute approximate surface area is 231 Å². The molecule has 2 aromatic rings. The fraction of sp³-hybridized carbons (Fsp3) is 0.533. The first-order chi connectivity index (χ1) is 18.7. The molecule has 9 nitrogen and oxygen atoms in total. The van der Waals surface area contributed by atoms with Crippen LogP contribution in [0.3, 0.4) is 0 Å². The lowest BCUT2D eigenvalue weighted by Gasteiger charge is -2.51. The summed E-state index contributed by atoms with van der Waals surface area (Å²) in [5.41, 5.74) is 4.05. The van der Waals surface area contributed by atoms with Crippen LogP contribution in [0.1, 0.15) is 60.9 Å². The molecular formula is C30H40N6O3. The average Bonchev–Trinajstić information content (AvgIpc) is 3.16. The molecule has 208 valence electrons. The van der Waals surface area contributed by atoms with E-state index in [1.54, 1.807) is 17.0 Å². The van der Waals surface area contributed by atoms with Crippen molar-refractivity contribution in [1.29, 1.82) is 0 Å². The Hall–Kier alpha value is -3.46. The van der Waals surface area contributed by atoms with Crippen molar-refractivity contribution in [3.63, 3.8) is 0 Å². The van der Waals surface area contributed by atoms with Crippen molar-refractivity contribution < 1.29 is 14.4 Å². The molecule has 0 atom stereocenters. The maximum absolute atomic E-state index is 13.8. The molecule has 5 rings (SSSR count). The zero-order valence-corrected chi connectivity index (χ0v) is 23.3. The molecule has 2 aliphatic carbocycles. The SMILES string of the molecule is CN(NC(=O)CN1CC2(CCC(c3ccccc3)(N(C)C)CC2)N(CC2CCC2)C1=O)C(=O)c1ccncc1. The van der Waals surface area contributed by atoms with Gasteiger partial charge < -0.3 is 9.80 Å². The second-order valence-corrected chi connectivity index (χ2v) is 11.7. The number of amides is 4. The van der Waals surface area contributed by atoms with Crippen LogP contribution in [0.15, 0.2) is 54.9 Å². The third-order valence-electron chi connectivity index (χ3n) is 9.26. The van der Waals surface area contributed by atoms with Crippen LogP contribution in [-0.2, 0) is 10.3 Å². The fourth-order valence-corrected chi connectivity index (χ4v) is 6.64. The Kier molecular flexibility index (Phi) is 7.62. The highest BCUT2D eigenvalue weighted by Gasteiger charge is 2.55. The first kappa shape index (κ1) is 27.1. The molecule has 1 saturated heterocycles. The Bertz CT molecular complexity index is 1180. The number of benzene rings is 1. The summed E-state index contributed by atoms with van der Waals surface area (Å²) in [6.07, 6.45) is 10.3. The number of pyridine rings is 1. The lowest BCUT2D eigenvalue weighted by Crippen LogP contribution is -2.56. The number of hydrogen-bond donors (Lipinski definition) is 1. The van der Waals surface area contributed by atoms with Crippen molar-refractivity contribution in [2.24, 2.45) is 5.92 Å². The standard InChI is InChI=1S/C30H40N6O3/c1-33(2)30(25-10-5-4-6-11-25)16-14-29(15-17-30)22-35(28(39)36(29)20-23-8-7-9-23)21-26(37)32-34(3)27(38)24-12-18-31-19-13-24/h4-6,10-13,18-19,23H,7-9,14-17,20-22H2,1-3H3,(H,32,37). The van der Waals surface area contributed by atoms with Gasteiger partial charge in [-0.3, -0.25) is 29.9 Å². The highest BCUT2D eigenvalue weighted by Crippen LogP contribution is 2.49. The number of hydrazine groups is 1. The Morgan fingerprint density at radius 1 is 1.00 bits per heavy atom. The highest BCUT2D eigenvalue weighted by molar-refractivity contribution is 5.95. The summed E-state index contributed by atoms with van der Waals surface area (Å²) in [4.78, 5) is 49.5. The highest BCUT2D eigenvalue weighted by atomic mass is 16.2. The minimum atomic E-state index is -0.378. The van der Waals surface area contributed by atoms with E-state index in [-0.39, 0.29) is 35.5 Å². The molecule has 39 heavy (non-hydrogen) atoms. The smallest absolute Gasteiger partial charge is 0.317 e. The first-order valence-corrected chi connectivity index (χ1v) is 14.0. The van der Waals surface area contributed by atoms with Crippen LogP contribution in [0.25, 0.3) is 0 Å². The van der Waals surface area contributed by atoms with Gasteiger partial charge in [0, 0.05) is 43.6 Å². The molecule has 1 aromatic heterocycles. The summed E-state index contributed by atoms with van der Waals surface area (Å²) >= 11 is 0. The fourth-order valence-electron chi connectivity index (χ4n) is 6.64. The van der Waals surface area contributed by atoms with E-state index in [1.165, 1.54) is 36.4 Å². The lowest BCUT2D eigenvalue weighted by molar-refractivity contribution is -0.125. The third kappa shape index (κ3) is 5.24. The number of urea groups is 1. The molecule has 1 aromatic carbocycles. The van der Waals surface area contributed by atoms with E-state index in [0.29, 0.717) is 18.0 Å². The number of nitrogens with one attached hydrogen (secondary N) is 1. The normalized spacial score (nSPS) is 25.2. The number of rotatable bonds is 7. The maximum atomic E-state index is 13.8. The molecular weight excluding hydrogens is 492 g/mol. The van der Waals surface area contributed by atoms with E-state index < -0.39 is 0 Å². The first-order valence-electron chi connectivity index (χ1n) is 14.0. The molecule has 1 aliphatic heterocycles. The van der Waals surface area contributed by atoms with Gasteiger partial charge in [0.05, 0.1) is 5.54 Å². The molecule has 0 bridgehead atoms. The number of aromatic nitrogens is 1. The van der Waals surface area contributed by atoms with Crippen LogP contribution in [0.5, 0.6) is 0 Å². The zero-order valence-electron chi connectivity index (χ0n) is 23.3. The van der Waals surface area contributed by atoms with Gasteiger partial charge >= 0.3 is 6.03 Å². The van der Waals surface area contributed by atoms with Crippen LogP contribution in [-0.4, -0.2) is 88.9 Å². The van der Waals surface area contributed by atoms with E-state index in [0.717, 1.165) is 45.1 Å². The van der Waals surface area contributed by atoms with Gasteiger partial charge in [-0.1, -0.05) is 36.8 Å². The van der Waals surface area contributed by atoms with Crippen molar-refractivity contribution in [2.75, 3.05) is 40.8 Å². The Balaban J connectivity index is 1.30. The summed E-state index contributed by atoms with van der Waals surface area (Å²) in [7, 11) is 5.82. The third-order valence-corrected chi connectivity index (χ3v) is 9.26. The Morgan fingerprint density at radius 2 is 1.67 bits per heavy atom. The lowest BCUT2D eigenvalue weighted by atomic mass is 9.68. The summed E-state index contributed by atoms with van der Waals surface area (Å²) in [5, 5.41) is 1.17. The quantitative estimate of drug-likeness (QED) is 0.552. The number of nitrogens with zero attached hydrogens (tertiary/aromatic N) is 5. The van der Waals surface area contributed by atoms with E-state index in [9.17, 15) is 14.4 Å². The second-order valence-electron chi connectivity index (χ2n) is 11.7. The van der Waals surface area contributed by atoms with Gasteiger partial charge in [-0.15, -0.1) is 0 Å². The average molecular weight is 533 g/mol. The van der Waals surface area contributed by atoms with Crippen molar-refractivity contribution in [2.45, 2.75) is 56.0 Å². The van der Waals surface area contributed by atoms with Gasteiger partial charge in [0.1, 0.15) is 6.54 Å². The minimum absolute atomic E-state index is 0.0581. The van der Waals surface area contributed by atoms with E-state index in [1.807, 2.05) is 0 Å². The van der Waals surface area contributed by atoms with Gasteiger partial charge in [-0.05, 0) is 76.2 Å². The van der Waals surface area contributed by atoms with Crippen LogP contribution >= 0.6 is 0 Å². The van der Waals surface area contributed by atoms with Gasteiger partial charge in [0.2, 0.25) is 0 Å². The van der Waals surface area contributed by atoms with Gasteiger partial charge in [0.25, 0.3) is 11.8 Å². The molecule has 9 heteroatoms. The van der Waals surface area contributed by atoms with E-state index >= 15 is 0 Å². The monoisotopic (exact) mass is 532 g/mol. The molecule has 0 unspecified atom stereocenters. The number of hydrogen-bond acceptors (Lipinski definition) is 5. The van der Waals surface area contributed by atoms with Gasteiger partial charge in [0.15, 0.2) is 0 Å². The molecule has 0 radical (unpaired) electrons. The van der Waals surface area contributed by atoms with E-state index in [2.05, 4.69) is 64.6 Å². The van der Waals surface area contributed by atoms with E-state index in [4.69, 9.17) is 0 Å². The minimum Gasteiger partial charge on any atom is -0.317 e. The summed E-state index contributed by atoms with van der Waals surface area (Å²) in [5.74, 6) is -0.176. The topological polar surface area (TPSA) is 89.1 Å². The van der Waals surface area contributed by atoms with Crippen molar-refractivity contribution in [3.8, 4) is 0 Å². The predicted octanol–water partition coefficient (Wildman–Crippen LogP) is 3.49. The zero-order chi connectivity index (χ0) is 27.6. The van der Waals surface area contributed by atoms with Crippen LogP contribution in [0.4, 0.5) is 4.79 Å².